The number of carboxylic acid groups (broad SMARTS) is 1. The first-order valence-electron chi connectivity index (χ1n) is 9.81. The third-order valence-corrected chi connectivity index (χ3v) is 5.94. The highest BCUT2D eigenvalue weighted by Gasteiger charge is 2.12. The van der Waals surface area contributed by atoms with Gasteiger partial charge in [0, 0.05) is 0 Å². The molecule has 4 aromatic carbocycles. The summed E-state index contributed by atoms with van der Waals surface area (Å²) in [7, 11) is 0. The molecule has 0 heterocycles. The van der Waals surface area contributed by atoms with E-state index in [1.165, 1.54) is 4.31 Å². The fraction of sp³-hybridized carbons (Fsp3) is 0.0800. The maximum atomic E-state index is 12.0. The summed E-state index contributed by atoms with van der Waals surface area (Å²) in [6, 6.07) is 27.6. The molecule has 0 spiro atoms. The van der Waals surface area contributed by atoms with Gasteiger partial charge in [-0.2, -0.15) is 0 Å². The van der Waals surface area contributed by atoms with Crippen LogP contribution in [0.15, 0.2) is 91.0 Å². The van der Waals surface area contributed by atoms with Crippen LogP contribution in [-0.2, 0) is 24.1 Å². The lowest BCUT2D eigenvalue weighted by molar-refractivity contribution is 0.0695. The summed E-state index contributed by atoms with van der Waals surface area (Å²) < 4.78 is 25.3. The average molecular weight is 431 g/mol. The van der Waals surface area contributed by atoms with Crippen molar-refractivity contribution in [3.8, 4) is 0 Å². The first-order chi connectivity index (χ1) is 15.0. The normalized spacial score (nSPS) is 11.9. The Balaban J connectivity index is 1.55. The van der Waals surface area contributed by atoms with E-state index >= 15 is 0 Å². The molecule has 0 bridgehead atoms. The van der Waals surface area contributed by atoms with Crippen LogP contribution in [0.25, 0.3) is 10.8 Å². The second-order valence-corrected chi connectivity index (χ2v) is 7.97. The Hall–Kier alpha value is -3.48. The van der Waals surface area contributed by atoms with Gasteiger partial charge in [-0.25, -0.2) is 4.79 Å². The third kappa shape index (κ3) is 4.66. The molecule has 0 aliphatic heterocycles. The smallest absolute Gasteiger partial charge is 0.335 e. The highest BCUT2D eigenvalue weighted by atomic mass is 32.2. The van der Waals surface area contributed by atoms with Crippen LogP contribution in [0.1, 0.15) is 21.5 Å². The molecule has 31 heavy (non-hydrogen) atoms. The first-order valence-corrected chi connectivity index (χ1v) is 10.8. The minimum absolute atomic E-state index is 0.309. The molecule has 0 saturated carbocycles. The summed E-state index contributed by atoms with van der Waals surface area (Å²) in [4.78, 5) is 11.4. The molecule has 156 valence electrons. The highest BCUT2D eigenvalue weighted by molar-refractivity contribution is 7.81. The highest BCUT2D eigenvalue weighted by Crippen LogP contribution is 2.30. The topological polar surface area (TPSA) is 80.7 Å². The van der Waals surface area contributed by atoms with Crippen LogP contribution in [0.5, 0.6) is 0 Å². The van der Waals surface area contributed by atoms with Gasteiger partial charge in [-0.3, -0.25) is 8.51 Å². The molecular formula is C25H20NO4S-. The Morgan fingerprint density at radius 1 is 0.806 bits per heavy atom. The number of benzene rings is 4. The fourth-order valence-corrected chi connectivity index (χ4v) is 4.23. The van der Waals surface area contributed by atoms with E-state index in [0.717, 1.165) is 21.9 Å². The van der Waals surface area contributed by atoms with E-state index in [9.17, 15) is 18.7 Å². The van der Waals surface area contributed by atoms with Crippen molar-refractivity contribution < 1.29 is 18.7 Å². The number of nitrogens with zero attached hydrogens (tertiary/aromatic N) is 1. The van der Waals surface area contributed by atoms with Crippen LogP contribution in [0.3, 0.4) is 0 Å². The molecule has 1 N–H and O–H groups in total. The zero-order valence-electron chi connectivity index (χ0n) is 16.6. The van der Waals surface area contributed by atoms with E-state index in [-0.39, 0.29) is 0 Å². The molecule has 0 aliphatic carbocycles. The second kappa shape index (κ2) is 9.12. The molecule has 1 unspecified atom stereocenters. The van der Waals surface area contributed by atoms with Crippen molar-refractivity contribution in [1.82, 2.24) is 0 Å². The van der Waals surface area contributed by atoms with Crippen molar-refractivity contribution in [1.29, 1.82) is 0 Å². The Morgan fingerprint density at radius 3 is 2.16 bits per heavy atom. The van der Waals surface area contributed by atoms with Gasteiger partial charge in [0.15, 0.2) is 0 Å². The minimum atomic E-state index is -2.48. The number of rotatable bonds is 7. The summed E-state index contributed by atoms with van der Waals surface area (Å²) in [5.74, 6) is -0.935. The van der Waals surface area contributed by atoms with Crippen LogP contribution in [0.4, 0.5) is 11.4 Å². The van der Waals surface area contributed by atoms with Gasteiger partial charge >= 0.3 is 5.97 Å². The van der Waals surface area contributed by atoms with Crippen LogP contribution in [0.2, 0.25) is 0 Å². The van der Waals surface area contributed by atoms with E-state index in [1.807, 2.05) is 60.7 Å². The van der Waals surface area contributed by atoms with Crippen LogP contribution < -0.4 is 4.31 Å². The Morgan fingerprint density at radius 2 is 1.45 bits per heavy atom. The molecule has 0 amide bonds. The molecule has 0 saturated heterocycles. The molecule has 1 atom stereocenters. The van der Waals surface area contributed by atoms with Crippen molar-refractivity contribution in [2.75, 3.05) is 4.31 Å². The number of carbonyl (C=O) groups is 1. The Labute approximate surface area is 183 Å². The lowest BCUT2D eigenvalue weighted by atomic mass is 10.00. The predicted octanol–water partition coefficient (Wildman–Crippen LogP) is 5.26. The van der Waals surface area contributed by atoms with E-state index < -0.39 is 17.2 Å². The molecule has 0 aliphatic rings. The molecule has 5 nitrogen and oxygen atoms in total. The monoisotopic (exact) mass is 430 g/mol. The third-order valence-electron chi connectivity index (χ3n) is 5.22. The van der Waals surface area contributed by atoms with E-state index in [4.69, 9.17) is 0 Å². The lowest BCUT2D eigenvalue weighted by Crippen LogP contribution is -2.19. The SMILES string of the molecule is O=C(O)c1ccccc1CCc1ccc(N(c2ccc3ccccc3c2)S(=O)[O-])cc1. The molecule has 4 rings (SSSR count). The van der Waals surface area contributed by atoms with Gasteiger partial charge in [0.25, 0.3) is 0 Å². The van der Waals surface area contributed by atoms with Crippen LogP contribution in [-0.4, -0.2) is 19.8 Å². The minimum Gasteiger partial charge on any atom is -0.755 e. The van der Waals surface area contributed by atoms with Crippen molar-refractivity contribution in [2.45, 2.75) is 12.8 Å². The van der Waals surface area contributed by atoms with E-state index in [2.05, 4.69) is 0 Å². The number of anilines is 2. The zero-order chi connectivity index (χ0) is 21.8. The Kier molecular flexibility index (Phi) is 6.11. The zero-order valence-corrected chi connectivity index (χ0v) is 17.4. The quantitative estimate of drug-likeness (QED) is 0.406. The van der Waals surface area contributed by atoms with E-state index in [0.29, 0.717) is 29.8 Å². The lowest BCUT2D eigenvalue weighted by Gasteiger charge is -2.27. The number of fused-ring (bicyclic) bond motifs is 1. The van der Waals surface area contributed by atoms with Gasteiger partial charge in [-0.15, -0.1) is 0 Å². The fourth-order valence-electron chi connectivity index (χ4n) is 3.65. The predicted molar refractivity (Wildman–Crippen MR) is 122 cm³/mol. The van der Waals surface area contributed by atoms with Gasteiger partial charge in [-0.1, -0.05) is 60.7 Å². The number of carboxylic acids is 1. The summed E-state index contributed by atoms with van der Waals surface area (Å²) in [6.07, 6.45) is 1.24. The summed E-state index contributed by atoms with van der Waals surface area (Å²) in [6.45, 7) is 0. The maximum Gasteiger partial charge on any atom is 0.335 e. The molecule has 0 fully saturated rings. The summed E-state index contributed by atoms with van der Waals surface area (Å²) in [5, 5.41) is 11.3. The molecule has 0 radical (unpaired) electrons. The largest absolute Gasteiger partial charge is 0.755 e. The average Bonchev–Trinajstić information content (AvgIpc) is 2.78. The van der Waals surface area contributed by atoms with Crippen molar-refractivity contribution in [3.63, 3.8) is 0 Å². The number of hydrogen-bond acceptors (Lipinski definition) is 3. The number of aryl methyl sites for hydroxylation is 2. The second-order valence-electron chi connectivity index (χ2n) is 7.17. The van der Waals surface area contributed by atoms with Crippen LogP contribution in [0, 0.1) is 0 Å². The van der Waals surface area contributed by atoms with Crippen LogP contribution >= 0.6 is 0 Å². The first kappa shape index (κ1) is 20.8. The van der Waals surface area contributed by atoms with Gasteiger partial charge in [-0.05, 0) is 65.1 Å². The molecule has 4 aromatic rings. The molecule has 0 aromatic heterocycles. The number of hydrogen-bond donors (Lipinski definition) is 1. The summed E-state index contributed by atoms with van der Waals surface area (Å²) in [5.41, 5.74) is 3.19. The van der Waals surface area contributed by atoms with Gasteiger partial charge in [0.2, 0.25) is 0 Å². The number of aromatic carboxylic acids is 1. The van der Waals surface area contributed by atoms with Gasteiger partial charge in [0.05, 0.1) is 28.2 Å². The van der Waals surface area contributed by atoms with Gasteiger partial charge < -0.3 is 9.66 Å². The van der Waals surface area contributed by atoms with Gasteiger partial charge in [0.1, 0.15) is 0 Å². The molecule has 6 heteroatoms. The molecular weight excluding hydrogens is 410 g/mol. The maximum absolute atomic E-state index is 12.0. The van der Waals surface area contributed by atoms with Crippen molar-refractivity contribution in [3.05, 3.63) is 108 Å². The Bertz CT molecular complexity index is 1250. The van der Waals surface area contributed by atoms with Crippen molar-refractivity contribution in [2.24, 2.45) is 0 Å². The van der Waals surface area contributed by atoms with E-state index in [1.54, 1.807) is 30.3 Å². The van der Waals surface area contributed by atoms with Crippen molar-refractivity contribution >= 4 is 39.4 Å². The summed E-state index contributed by atoms with van der Waals surface area (Å²) >= 11 is -2.48. The standard InChI is InChI=1S/C25H21NO4S/c27-25(28)24-8-4-3-6-20(24)12-9-18-10-14-22(15-11-18)26(31(29)30)23-16-13-19-5-1-2-7-21(19)17-23/h1-8,10-11,13-17H,9,12H2,(H,27,28)(H,29,30)/p-1.